The number of likely N-dealkylation sites (tertiary alicyclic amines) is 1. The van der Waals surface area contributed by atoms with E-state index < -0.39 is 23.5 Å². The lowest BCUT2D eigenvalue weighted by atomic mass is 9.76. The summed E-state index contributed by atoms with van der Waals surface area (Å²) in [6, 6.07) is 8.15. The van der Waals surface area contributed by atoms with Crippen LogP contribution < -0.4 is 4.90 Å². The van der Waals surface area contributed by atoms with Crippen molar-refractivity contribution < 1.29 is 19.8 Å². The molecule has 1 aromatic carbocycles. The number of fused-ring (bicyclic) bond motifs is 2. The predicted octanol–water partition coefficient (Wildman–Crippen LogP) is 2.40. The summed E-state index contributed by atoms with van der Waals surface area (Å²) in [5.41, 5.74) is -1.63. The highest BCUT2D eigenvalue weighted by Gasteiger charge is 2.60. The second kappa shape index (κ2) is 8.31. The Morgan fingerprint density at radius 3 is 2.66 bits per heavy atom. The number of nitrogens with zero attached hydrogens (tertiary/aromatic N) is 4. The smallest absolute Gasteiger partial charge is 0.261 e. The molecule has 2 amide bonds. The summed E-state index contributed by atoms with van der Waals surface area (Å²) in [6.45, 7) is 1.05. The molecule has 168 valence electrons. The molecule has 1 saturated carbocycles. The Hall–Kier alpha value is -2.75. The Morgan fingerprint density at radius 1 is 1.09 bits per heavy atom. The number of hydrogen-bond donors (Lipinski definition) is 2. The molecule has 5 rings (SSSR count). The number of aliphatic hydroxyl groups excluding tert-OH is 1. The summed E-state index contributed by atoms with van der Waals surface area (Å²) in [5, 5.41) is 21.7. The fourth-order valence-corrected chi connectivity index (χ4v) is 5.54. The Kier molecular flexibility index (Phi) is 5.48. The molecule has 0 bridgehead atoms. The first-order valence-corrected chi connectivity index (χ1v) is 11.8. The molecule has 32 heavy (non-hydrogen) atoms. The molecule has 9 heteroatoms. The van der Waals surface area contributed by atoms with E-state index in [0.29, 0.717) is 19.4 Å². The summed E-state index contributed by atoms with van der Waals surface area (Å²) in [4.78, 5) is 30.5. The van der Waals surface area contributed by atoms with Crippen LogP contribution in [0, 0.1) is 5.92 Å². The van der Waals surface area contributed by atoms with Crippen LogP contribution in [0.1, 0.15) is 32.1 Å². The number of aromatic nitrogens is 1. The number of unbranched alkanes of at least 4 members (excludes halogenated alkanes) is 1. The molecule has 2 aliphatic heterocycles. The van der Waals surface area contributed by atoms with Crippen molar-refractivity contribution in [2.45, 2.75) is 43.8 Å². The summed E-state index contributed by atoms with van der Waals surface area (Å²) in [6.07, 6.45) is 9.38. The molecule has 1 aromatic heterocycles. The van der Waals surface area contributed by atoms with E-state index in [1.165, 1.54) is 16.4 Å². The van der Waals surface area contributed by atoms with Crippen molar-refractivity contribution in [2.75, 3.05) is 18.0 Å². The highest BCUT2D eigenvalue weighted by molar-refractivity contribution is 7.13. The van der Waals surface area contributed by atoms with Gasteiger partial charge in [0, 0.05) is 43.3 Å². The standard InChI is InChI=1S/C23H26N4O4S/c28-16-7-8-23(31)18(15-16)21(29)27(22(23)30)10-4-3-9-25-11-13-26(14-12-25)20-17-5-1-2-6-19(17)32-24-20/h1-2,5-6,11-14,16,18,28,31H,3-4,7-10,15H2. The molecule has 1 saturated heterocycles. The van der Waals surface area contributed by atoms with Gasteiger partial charge in [0.1, 0.15) is 0 Å². The summed E-state index contributed by atoms with van der Waals surface area (Å²) >= 11 is 1.48. The molecule has 2 N–H and O–H groups in total. The van der Waals surface area contributed by atoms with Crippen LogP contribution in [0.2, 0.25) is 0 Å². The van der Waals surface area contributed by atoms with Gasteiger partial charge in [0.05, 0.1) is 16.7 Å². The third kappa shape index (κ3) is 3.60. The Bertz CT molecular complexity index is 1080. The number of imide groups is 1. The topological polar surface area (TPSA) is 97.2 Å². The van der Waals surface area contributed by atoms with Gasteiger partial charge in [0.2, 0.25) is 5.91 Å². The largest absolute Gasteiger partial charge is 0.393 e. The van der Waals surface area contributed by atoms with Gasteiger partial charge in [-0.15, -0.1) is 0 Å². The van der Waals surface area contributed by atoms with Gasteiger partial charge in [0.25, 0.3) is 5.91 Å². The number of amides is 2. The minimum atomic E-state index is -1.63. The summed E-state index contributed by atoms with van der Waals surface area (Å²) < 4.78 is 5.71. The van der Waals surface area contributed by atoms with Crippen molar-refractivity contribution in [3.63, 3.8) is 0 Å². The minimum Gasteiger partial charge on any atom is -0.393 e. The maximum atomic E-state index is 12.6. The molecule has 0 spiro atoms. The molecule has 3 atom stereocenters. The Balaban J connectivity index is 1.12. The molecule has 3 aliphatic rings. The van der Waals surface area contributed by atoms with E-state index in [0.717, 1.165) is 28.9 Å². The molecule has 3 heterocycles. The molecule has 0 radical (unpaired) electrons. The molecule has 8 nitrogen and oxygen atoms in total. The quantitative estimate of drug-likeness (QED) is 0.511. The van der Waals surface area contributed by atoms with Crippen molar-refractivity contribution in [1.29, 1.82) is 0 Å². The van der Waals surface area contributed by atoms with E-state index in [-0.39, 0.29) is 18.7 Å². The van der Waals surface area contributed by atoms with E-state index in [9.17, 15) is 19.8 Å². The van der Waals surface area contributed by atoms with Gasteiger partial charge in [-0.3, -0.25) is 14.5 Å². The first kappa shape index (κ1) is 21.1. The Labute approximate surface area is 190 Å². The average Bonchev–Trinajstić information content (AvgIpc) is 3.31. The van der Waals surface area contributed by atoms with Gasteiger partial charge in [-0.2, -0.15) is 4.37 Å². The molecular formula is C23H26N4O4S. The maximum absolute atomic E-state index is 12.6. The first-order chi connectivity index (χ1) is 15.5. The van der Waals surface area contributed by atoms with Crippen LogP contribution in [0.25, 0.3) is 10.1 Å². The minimum absolute atomic E-state index is 0.147. The van der Waals surface area contributed by atoms with E-state index in [2.05, 4.69) is 21.4 Å². The zero-order valence-corrected chi connectivity index (χ0v) is 18.4. The molecule has 2 aromatic rings. The third-order valence-electron chi connectivity index (χ3n) is 6.61. The van der Waals surface area contributed by atoms with Crippen molar-refractivity contribution in [3.05, 3.63) is 49.1 Å². The second-order valence-electron chi connectivity index (χ2n) is 8.65. The molecule has 3 unspecified atom stereocenters. The third-order valence-corrected chi connectivity index (χ3v) is 7.43. The van der Waals surface area contributed by atoms with Gasteiger partial charge in [-0.05, 0) is 55.8 Å². The van der Waals surface area contributed by atoms with E-state index in [4.69, 9.17) is 0 Å². The lowest BCUT2D eigenvalue weighted by Gasteiger charge is -2.32. The van der Waals surface area contributed by atoms with Crippen molar-refractivity contribution in [3.8, 4) is 0 Å². The number of carbonyl (C=O) groups excluding carboxylic acids is 2. The lowest BCUT2D eigenvalue weighted by molar-refractivity contribution is -0.149. The number of benzene rings is 1. The number of rotatable bonds is 6. The maximum Gasteiger partial charge on any atom is 0.261 e. The summed E-state index contributed by atoms with van der Waals surface area (Å²) in [5.74, 6) is -0.740. The van der Waals surface area contributed by atoms with Gasteiger partial charge >= 0.3 is 0 Å². The van der Waals surface area contributed by atoms with Crippen molar-refractivity contribution >= 4 is 39.3 Å². The van der Waals surface area contributed by atoms with Crippen LogP contribution in [0.3, 0.4) is 0 Å². The lowest BCUT2D eigenvalue weighted by Crippen LogP contribution is -2.47. The number of carbonyl (C=O) groups is 2. The monoisotopic (exact) mass is 454 g/mol. The normalized spacial score (nSPS) is 27.6. The predicted molar refractivity (Wildman–Crippen MR) is 121 cm³/mol. The van der Waals surface area contributed by atoms with Gasteiger partial charge < -0.3 is 20.0 Å². The van der Waals surface area contributed by atoms with Crippen LogP contribution in [0.15, 0.2) is 49.1 Å². The molecular weight excluding hydrogens is 428 g/mol. The van der Waals surface area contributed by atoms with E-state index in [1.807, 2.05) is 41.8 Å². The first-order valence-electron chi connectivity index (χ1n) is 11.0. The number of aliphatic hydroxyl groups is 2. The van der Waals surface area contributed by atoms with Crippen LogP contribution in [-0.2, 0) is 9.59 Å². The average molecular weight is 455 g/mol. The second-order valence-corrected chi connectivity index (χ2v) is 9.46. The van der Waals surface area contributed by atoms with Crippen LogP contribution in [0.5, 0.6) is 0 Å². The van der Waals surface area contributed by atoms with E-state index in [1.54, 1.807) is 0 Å². The van der Waals surface area contributed by atoms with Crippen LogP contribution >= 0.6 is 11.5 Å². The highest BCUT2D eigenvalue weighted by Crippen LogP contribution is 2.41. The fraction of sp³-hybridized carbons (Fsp3) is 0.435. The van der Waals surface area contributed by atoms with E-state index >= 15 is 0 Å². The van der Waals surface area contributed by atoms with Crippen molar-refractivity contribution in [1.82, 2.24) is 14.2 Å². The number of anilines is 1. The van der Waals surface area contributed by atoms with Crippen LogP contribution in [0.4, 0.5) is 5.82 Å². The van der Waals surface area contributed by atoms with Crippen molar-refractivity contribution in [2.24, 2.45) is 5.92 Å². The van der Waals surface area contributed by atoms with Crippen LogP contribution in [-0.4, -0.2) is 61.0 Å². The highest BCUT2D eigenvalue weighted by atomic mass is 32.1. The number of hydrogen-bond acceptors (Lipinski definition) is 8. The fourth-order valence-electron chi connectivity index (χ4n) is 4.77. The van der Waals surface area contributed by atoms with Gasteiger partial charge in [0.15, 0.2) is 11.4 Å². The van der Waals surface area contributed by atoms with Gasteiger partial charge in [-0.1, -0.05) is 12.1 Å². The summed E-state index contributed by atoms with van der Waals surface area (Å²) in [7, 11) is 0. The zero-order valence-electron chi connectivity index (χ0n) is 17.6. The van der Waals surface area contributed by atoms with Gasteiger partial charge in [-0.25, -0.2) is 0 Å². The zero-order chi connectivity index (χ0) is 22.3. The molecule has 2 fully saturated rings. The Morgan fingerprint density at radius 2 is 1.84 bits per heavy atom. The SMILES string of the molecule is O=C1C2CC(O)CCC2(O)C(=O)N1CCCCN1C=CN(c2nsc3ccccc23)C=C1. The molecule has 1 aliphatic carbocycles.